The van der Waals surface area contributed by atoms with E-state index in [-0.39, 0.29) is 5.78 Å². The molecule has 0 bridgehead atoms. The van der Waals surface area contributed by atoms with Gasteiger partial charge in [0.1, 0.15) is 5.82 Å². The van der Waals surface area contributed by atoms with Crippen LogP contribution in [0, 0.1) is 18.3 Å². The number of aryl methyl sites for hydroxylation is 1. The first-order valence-electron chi connectivity index (χ1n) is 7.64. The second-order valence-electron chi connectivity index (χ2n) is 5.59. The van der Waals surface area contributed by atoms with E-state index in [1.54, 1.807) is 24.3 Å². The summed E-state index contributed by atoms with van der Waals surface area (Å²) in [5, 5.41) is 9.37. The van der Waals surface area contributed by atoms with Crippen LogP contribution in [0.25, 0.3) is 0 Å². The number of nitriles is 1. The van der Waals surface area contributed by atoms with Crippen molar-refractivity contribution in [1.82, 2.24) is 4.98 Å². The Balaban J connectivity index is 1.98. The van der Waals surface area contributed by atoms with Crippen LogP contribution in [0.1, 0.15) is 27.2 Å². The molecule has 6 heteroatoms. The molecule has 0 atom stereocenters. The number of ketones is 1. The summed E-state index contributed by atoms with van der Waals surface area (Å²) in [5.74, 6) is 0.548. The highest BCUT2D eigenvalue weighted by atomic mass is 35.5. The maximum Gasteiger partial charge on any atom is 0.194 e. The predicted octanol–water partition coefficient (Wildman–Crippen LogP) is 2.98. The smallest absolute Gasteiger partial charge is 0.194 e. The van der Waals surface area contributed by atoms with E-state index in [9.17, 15) is 4.79 Å². The normalized spacial score (nSPS) is 14.3. The molecule has 5 nitrogen and oxygen atoms in total. The summed E-state index contributed by atoms with van der Waals surface area (Å²) in [6.45, 7) is 4.64. The summed E-state index contributed by atoms with van der Waals surface area (Å²) in [6.07, 6.45) is 0. The zero-order chi connectivity index (χ0) is 17.1. The summed E-state index contributed by atoms with van der Waals surface area (Å²) >= 11 is 6.15. The van der Waals surface area contributed by atoms with Crippen molar-refractivity contribution >= 4 is 23.2 Å². The van der Waals surface area contributed by atoms with Gasteiger partial charge in [0.05, 0.1) is 29.9 Å². The van der Waals surface area contributed by atoms with Gasteiger partial charge in [0, 0.05) is 29.9 Å². The molecular weight excluding hydrogens is 326 g/mol. The van der Waals surface area contributed by atoms with Gasteiger partial charge in [-0.2, -0.15) is 5.26 Å². The molecular formula is C18H16ClN3O2. The number of aromatic nitrogens is 1. The minimum atomic E-state index is -0.211. The molecule has 122 valence electrons. The number of rotatable bonds is 3. The summed E-state index contributed by atoms with van der Waals surface area (Å²) in [7, 11) is 0. The molecule has 24 heavy (non-hydrogen) atoms. The van der Waals surface area contributed by atoms with Crippen molar-refractivity contribution in [3.63, 3.8) is 0 Å². The molecule has 0 unspecified atom stereocenters. The molecule has 1 fully saturated rings. The molecule has 2 aromatic rings. The molecule has 0 amide bonds. The molecule has 1 aliphatic heterocycles. The number of anilines is 1. The van der Waals surface area contributed by atoms with Crippen molar-refractivity contribution in [3.8, 4) is 6.07 Å². The number of nitrogens with zero attached hydrogens (tertiary/aromatic N) is 3. The number of benzene rings is 1. The van der Waals surface area contributed by atoms with E-state index in [0.29, 0.717) is 34.9 Å². The van der Waals surface area contributed by atoms with Crippen LogP contribution in [0.15, 0.2) is 30.3 Å². The minimum Gasteiger partial charge on any atom is -0.378 e. The Morgan fingerprint density at radius 3 is 2.75 bits per heavy atom. The Kier molecular flexibility index (Phi) is 4.79. The number of ether oxygens (including phenoxy) is 1. The molecule has 0 aliphatic carbocycles. The van der Waals surface area contributed by atoms with Crippen LogP contribution < -0.4 is 4.90 Å². The topological polar surface area (TPSA) is 66.2 Å². The van der Waals surface area contributed by atoms with Crippen molar-refractivity contribution < 1.29 is 9.53 Å². The number of hydrogen-bond acceptors (Lipinski definition) is 5. The Morgan fingerprint density at radius 2 is 2.04 bits per heavy atom. The molecule has 1 aromatic heterocycles. The third kappa shape index (κ3) is 3.40. The first-order chi connectivity index (χ1) is 11.6. The van der Waals surface area contributed by atoms with E-state index >= 15 is 0 Å². The molecule has 1 aliphatic rings. The second-order valence-corrected chi connectivity index (χ2v) is 6.00. The lowest BCUT2D eigenvalue weighted by atomic mass is 10.0. The molecule has 3 rings (SSSR count). The third-order valence-electron chi connectivity index (χ3n) is 3.88. The van der Waals surface area contributed by atoms with Crippen LogP contribution in [-0.2, 0) is 4.74 Å². The van der Waals surface area contributed by atoms with Crippen LogP contribution >= 0.6 is 11.6 Å². The fraction of sp³-hybridized carbons (Fsp3) is 0.278. The number of carbonyl (C=O) groups is 1. The molecule has 0 spiro atoms. The third-order valence-corrected chi connectivity index (χ3v) is 4.21. The average molecular weight is 342 g/mol. The predicted molar refractivity (Wildman–Crippen MR) is 91.6 cm³/mol. The van der Waals surface area contributed by atoms with Crippen LogP contribution in [0.2, 0.25) is 5.02 Å². The first kappa shape index (κ1) is 16.4. The van der Waals surface area contributed by atoms with Gasteiger partial charge in [-0.15, -0.1) is 0 Å². The highest BCUT2D eigenvalue weighted by molar-refractivity contribution is 6.35. The Morgan fingerprint density at radius 1 is 1.29 bits per heavy atom. The van der Waals surface area contributed by atoms with Crippen molar-refractivity contribution in [3.05, 3.63) is 57.7 Å². The lowest BCUT2D eigenvalue weighted by Crippen LogP contribution is -2.37. The largest absolute Gasteiger partial charge is 0.378 e. The van der Waals surface area contributed by atoms with Gasteiger partial charge in [0.2, 0.25) is 0 Å². The summed E-state index contributed by atoms with van der Waals surface area (Å²) in [5.41, 5.74) is 2.01. The van der Waals surface area contributed by atoms with E-state index in [4.69, 9.17) is 21.6 Å². The van der Waals surface area contributed by atoms with E-state index < -0.39 is 0 Å². The minimum absolute atomic E-state index is 0.211. The monoisotopic (exact) mass is 341 g/mol. The van der Waals surface area contributed by atoms with Gasteiger partial charge in [0.25, 0.3) is 0 Å². The SMILES string of the molecule is Cc1cc(C(=O)c2cc(C#N)ccc2Cl)cc(N2CCOCC2)n1. The maximum atomic E-state index is 12.9. The van der Waals surface area contributed by atoms with E-state index in [1.807, 2.05) is 13.0 Å². The molecule has 1 saturated heterocycles. The molecule has 0 saturated carbocycles. The van der Waals surface area contributed by atoms with Gasteiger partial charge < -0.3 is 9.64 Å². The highest BCUT2D eigenvalue weighted by Gasteiger charge is 2.18. The van der Waals surface area contributed by atoms with Crippen molar-refractivity contribution in [2.24, 2.45) is 0 Å². The summed E-state index contributed by atoms with van der Waals surface area (Å²) < 4.78 is 5.36. The molecule has 0 radical (unpaired) electrons. The summed E-state index contributed by atoms with van der Waals surface area (Å²) in [4.78, 5) is 19.5. The average Bonchev–Trinajstić information content (AvgIpc) is 2.62. The zero-order valence-corrected chi connectivity index (χ0v) is 14.0. The zero-order valence-electron chi connectivity index (χ0n) is 13.3. The Bertz CT molecular complexity index is 823. The Labute approximate surface area is 145 Å². The van der Waals surface area contributed by atoms with E-state index in [2.05, 4.69) is 9.88 Å². The number of morpholine rings is 1. The molecule has 0 N–H and O–H groups in total. The van der Waals surface area contributed by atoms with Gasteiger partial charge in [-0.1, -0.05) is 11.6 Å². The van der Waals surface area contributed by atoms with Crippen LogP contribution in [-0.4, -0.2) is 37.1 Å². The number of halogens is 1. The number of carbonyl (C=O) groups excluding carboxylic acids is 1. The van der Waals surface area contributed by atoms with E-state index in [0.717, 1.165) is 24.6 Å². The fourth-order valence-electron chi connectivity index (χ4n) is 2.66. The standard InChI is InChI=1S/C18H16ClN3O2/c1-12-8-14(10-17(21-12)22-4-6-24-7-5-22)18(23)15-9-13(11-20)2-3-16(15)19/h2-3,8-10H,4-7H2,1H3. The van der Waals surface area contributed by atoms with Crippen molar-refractivity contribution in [2.45, 2.75) is 6.92 Å². The number of pyridine rings is 1. The van der Waals surface area contributed by atoms with Gasteiger partial charge in [-0.25, -0.2) is 4.98 Å². The number of hydrogen-bond donors (Lipinski definition) is 0. The van der Waals surface area contributed by atoms with Gasteiger partial charge in [0.15, 0.2) is 5.78 Å². The first-order valence-corrected chi connectivity index (χ1v) is 8.02. The Hall–Kier alpha value is -2.42. The highest BCUT2D eigenvalue weighted by Crippen LogP contribution is 2.23. The summed E-state index contributed by atoms with van der Waals surface area (Å²) in [6, 6.07) is 10.2. The van der Waals surface area contributed by atoms with Crippen LogP contribution in [0.3, 0.4) is 0 Å². The van der Waals surface area contributed by atoms with E-state index in [1.165, 1.54) is 6.07 Å². The molecule has 1 aromatic carbocycles. The van der Waals surface area contributed by atoms with Crippen molar-refractivity contribution in [2.75, 3.05) is 31.2 Å². The quantitative estimate of drug-likeness (QED) is 0.803. The second kappa shape index (κ2) is 7.00. The van der Waals surface area contributed by atoms with Crippen LogP contribution in [0.5, 0.6) is 0 Å². The van der Waals surface area contributed by atoms with Gasteiger partial charge >= 0.3 is 0 Å². The lowest BCUT2D eigenvalue weighted by Gasteiger charge is -2.28. The molecule has 2 heterocycles. The van der Waals surface area contributed by atoms with Gasteiger partial charge in [-0.05, 0) is 37.3 Å². The van der Waals surface area contributed by atoms with Crippen molar-refractivity contribution in [1.29, 1.82) is 5.26 Å². The van der Waals surface area contributed by atoms with Gasteiger partial charge in [-0.3, -0.25) is 4.79 Å². The van der Waals surface area contributed by atoms with Crippen LogP contribution in [0.4, 0.5) is 5.82 Å². The maximum absolute atomic E-state index is 12.9. The fourth-order valence-corrected chi connectivity index (χ4v) is 2.86. The lowest BCUT2D eigenvalue weighted by molar-refractivity contribution is 0.103.